The van der Waals surface area contributed by atoms with E-state index in [0.29, 0.717) is 11.1 Å². The SMILES string of the molecule is Clc1cnc(N2CCCC(n3cncn3)C2)c(Br)c1. The number of hydrogen-bond donors (Lipinski definition) is 0. The number of hydrogen-bond acceptors (Lipinski definition) is 4. The van der Waals surface area contributed by atoms with Crippen LogP contribution in [0.5, 0.6) is 0 Å². The molecule has 1 atom stereocenters. The molecule has 19 heavy (non-hydrogen) atoms. The summed E-state index contributed by atoms with van der Waals surface area (Å²) in [6, 6.07) is 2.23. The number of rotatable bonds is 2. The van der Waals surface area contributed by atoms with Crippen molar-refractivity contribution in [3.8, 4) is 0 Å². The van der Waals surface area contributed by atoms with E-state index in [0.717, 1.165) is 36.2 Å². The first-order chi connectivity index (χ1) is 9.24. The third kappa shape index (κ3) is 2.74. The van der Waals surface area contributed by atoms with Gasteiger partial charge in [-0.1, -0.05) is 11.6 Å². The largest absolute Gasteiger partial charge is 0.354 e. The highest BCUT2D eigenvalue weighted by Crippen LogP contribution is 2.30. The molecule has 0 radical (unpaired) electrons. The Morgan fingerprint density at radius 3 is 3.05 bits per heavy atom. The molecule has 0 aromatic carbocycles. The second-order valence-corrected chi connectivity index (χ2v) is 5.87. The topological polar surface area (TPSA) is 46.8 Å². The Balaban J connectivity index is 1.81. The molecule has 0 amide bonds. The number of pyridine rings is 1. The van der Waals surface area contributed by atoms with Gasteiger partial charge in [-0.3, -0.25) is 0 Å². The van der Waals surface area contributed by atoms with Gasteiger partial charge in [0.1, 0.15) is 18.5 Å². The molecule has 2 aromatic heterocycles. The van der Waals surface area contributed by atoms with E-state index in [1.165, 1.54) is 0 Å². The van der Waals surface area contributed by atoms with Crippen molar-refractivity contribution < 1.29 is 0 Å². The van der Waals surface area contributed by atoms with Crippen LogP contribution in [-0.2, 0) is 0 Å². The average Bonchev–Trinajstić information content (AvgIpc) is 2.93. The van der Waals surface area contributed by atoms with Crippen LogP contribution in [0.25, 0.3) is 0 Å². The van der Waals surface area contributed by atoms with E-state index in [1.807, 2.05) is 10.7 Å². The first-order valence-electron chi connectivity index (χ1n) is 6.14. The number of aromatic nitrogens is 4. The summed E-state index contributed by atoms with van der Waals surface area (Å²) in [6.07, 6.45) is 7.26. The molecule has 1 fully saturated rings. The van der Waals surface area contributed by atoms with Crippen LogP contribution in [0.2, 0.25) is 5.02 Å². The Kier molecular flexibility index (Phi) is 3.70. The first kappa shape index (κ1) is 12.9. The summed E-state index contributed by atoms with van der Waals surface area (Å²) in [7, 11) is 0. The van der Waals surface area contributed by atoms with Gasteiger partial charge >= 0.3 is 0 Å². The fourth-order valence-corrected chi connectivity index (χ4v) is 3.30. The quantitative estimate of drug-likeness (QED) is 0.842. The van der Waals surface area contributed by atoms with Crippen molar-refractivity contribution >= 4 is 33.3 Å². The monoisotopic (exact) mass is 341 g/mol. The lowest BCUT2D eigenvalue weighted by Gasteiger charge is -2.33. The summed E-state index contributed by atoms with van der Waals surface area (Å²) >= 11 is 9.46. The second-order valence-electron chi connectivity index (χ2n) is 4.58. The zero-order valence-electron chi connectivity index (χ0n) is 10.2. The van der Waals surface area contributed by atoms with Crippen molar-refractivity contribution in [3.05, 3.63) is 34.4 Å². The van der Waals surface area contributed by atoms with E-state index in [1.54, 1.807) is 18.9 Å². The highest BCUT2D eigenvalue weighted by molar-refractivity contribution is 9.10. The molecule has 3 heterocycles. The molecule has 1 aliphatic rings. The van der Waals surface area contributed by atoms with Crippen LogP contribution in [0.1, 0.15) is 18.9 Å². The summed E-state index contributed by atoms with van der Waals surface area (Å²) in [5.74, 6) is 0.939. The van der Waals surface area contributed by atoms with Gasteiger partial charge in [0, 0.05) is 19.3 Å². The van der Waals surface area contributed by atoms with Gasteiger partial charge in [-0.2, -0.15) is 5.10 Å². The first-order valence-corrected chi connectivity index (χ1v) is 7.31. The maximum absolute atomic E-state index is 5.93. The van der Waals surface area contributed by atoms with E-state index < -0.39 is 0 Å². The van der Waals surface area contributed by atoms with Crippen LogP contribution in [-0.4, -0.2) is 32.8 Å². The van der Waals surface area contributed by atoms with Gasteiger partial charge in [-0.25, -0.2) is 14.6 Å². The van der Waals surface area contributed by atoms with Crippen LogP contribution in [0.3, 0.4) is 0 Å². The zero-order valence-corrected chi connectivity index (χ0v) is 12.5. The minimum atomic E-state index is 0.348. The zero-order chi connectivity index (χ0) is 13.2. The van der Waals surface area contributed by atoms with Crippen LogP contribution in [0, 0.1) is 0 Å². The Hall–Kier alpha value is -1.14. The maximum atomic E-state index is 5.93. The minimum Gasteiger partial charge on any atom is -0.354 e. The van der Waals surface area contributed by atoms with Crippen LogP contribution >= 0.6 is 27.5 Å². The van der Waals surface area contributed by atoms with Gasteiger partial charge < -0.3 is 4.90 Å². The van der Waals surface area contributed by atoms with Crippen molar-refractivity contribution in [2.75, 3.05) is 18.0 Å². The van der Waals surface area contributed by atoms with Crippen LogP contribution in [0.15, 0.2) is 29.4 Å². The number of piperidine rings is 1. The fraction of sp³-hybridized carbons (Fsp3) is 0.417. The lowest BCUT2D eigenvalue weighted by atomic mass is 10.1. The molecule has 0 spiro atoms. The van der Waals surface area contributed by atoms with Crippen LogP contribution in [0.4, 0.5) is 5.82 Å². The van der Waals surface area contributed by atoms with E-state index in [9.17, 15) is 0 Å². The van der Waals surface area contributed by atoms with E-state index >= 15 is 0 Å². The van der Waals surface area contributed by atoms with Gasteiger partial charge in [0.05, 0.1) is 15.5 Å². The molecule has 0 saturated carbocycles. The Labute approximate surface area is 124 Å². The Morgan fingerprint density at radius 1 is 1.42 bits per heavy atom. The van der Waals surface area contributed by atoms with Crippen molar-refractivity contribution in [1.29, 1.82) is 0 Å². The molecule has 1 saturated heterocycles. The molecular formula is C12H13BrClN5. The molecule has 0 aliphatic carbocycles. The molecule has 3 rings (SSSR count). The standard InChI is InChI=1S/C12H13BrClN5/c13-11-4-9(14)5-16-12(11)18-3-1-2-10(6-18)19-8-15-7-17-19/h4-5,7-8,10H,1-3,6H2. The molecule has 7 heteroatoms. The number of halogens is 2. The second kappa shape index (κ2) is 5.46. The summed E-state index contributed by atoms with van der Waals surface area (Å²) < 4.78 is 2.86. The predicted octanol–water partition coefficient (Wildman–Crippen LogP) is 2.93. The van der Waals surface area contributed by atoms with E-state index in [-0.39, 0.29) is 0 Å². The molecule has 2 aromatic rings. The molecule has 1 aliphatic heterocycles. The lowest BCUT2D eigenvalue weighted by Crippen LogP contribution is -2.37. The third-order valence-corrected chi connectivity index (χ3v) is 4.09. The van der Waals surface area contributed by atoms with Gasteiger partial charge in [0.2, 0.25) is 0 Å². The van der Waals surface area contributed by atoms with Crippen LogP contribution < -0.4 is 4.90 Å². The molecule has 1 unspecified atom stereocenters. The number of anilines is 1. The van der Waals surface area contributed by atoms with Gasteiger partial charge in [-0.15, -0.1) is 0 Å². The van der Waals surface area contributed by atoms with Gasteiger partial charge in [0.15, 0.2) is 0 Å². The summed E-state index contributed by atoms with van der Waals surface area (Å²) in [5, 5.41) is 4.87. The average molecular weight is 343 g/mol. The van der Waals surface area contributed by atoms with Gasteiger partial charge in [-0.05, 0) is 34.8 Å². The van der Waals surface area contributed by atoms with Crippen molar-refractivity contribution in [2.24, 2.45) is 0 Å². The summed E-state index contributed by atoms with van der Waals surface area (Å²) in [6.45, 7) is 1.88. The van der Waals surface area contributed by atoms with Crippen molar-refractivity contribution in [1.82, 2.24) is 19.7 Å². The predicted molar refractivity (Wildman–Crippen MR) is 77.5 cm³/mol. The number of nitrogens with zero attached hydrogens (tertiary/aromatic N) is 5. The Morgan fingerprint density at radius 2 is 2.32 bits per heavy atom. The minimum absolute atomic E-state index is 0.348. The molecule has 0 N–H and O–H groups in total. The fourth-order valence-electron chi connectivity index (χ4n) is 2.41. The maximum Gasteiger partial charge on any atom is 0.143 e. The molecule has 5 nitrogen and oxygen atoms in total. The summed E-state index contributed by atoms with van der Waals surface area (Å²) in [4.78, 5) is 10.7. The van der Waals surface area contributed by atoms with E-state index in [2.05, 4.69) is 35.9 Å². The molecular weight excluding hydrogens is 330 g/mol. The summed E-state index contributed by atoms with van der Waals surface area (Å²) in [5.41, 5.74) is 0. The highest BCUT2D eigenvalue weighted by atomic mass is 79.9. The van der Waals surface area contributed by atoms with Gasteiger partial charge in [0.25, 0.3) is 0 Å². The Bertz CT molecular complexity index is 559. The van der Waals surface area contributed by atoms with Crippen molar-refractivity contribution in [2.45, 2.75) is 18.9 Å². The third-order valence-electron chi connectivity index (χ3n) is 3.30. The molecule has 0 bridgehead atoms. The molecule has 100 valence electrons. The lowest BCUT2D eigenvalue weighted by molar-refractivity contribution is 0.374. The van der Waals surface area contributed by atoms with E-state index in [4.69, 9.17) is 11.6 Å². The highest BCUT2D eigenvalue weighted by Gasteiger charge is 2.23. The smallest absolute Gasteiger partial charge is 0.143 e. The normalized spacial score (nSPS) is 19.7. The van der Waals surface area contributed by atoms with Crippen molar-refractivity contribution in [3.63, 3.8) is 0 Å².